The van der Waals surface area contributed by atoms with E-state index in [1.807, 2.05) is 7.05 Å². The molecule has 1 unspecified atom stereocenters. The molecule has 0 amide bonds. The zero-order valence-corrected chi connectivity index (χ0v) is 12.2. The highest BCUT2D eigenvalue weighted by molar-refractivity contribution is 7.12. The number of hydrogen-bond acceptors (Lipinski definition) is 3. The summed E-state index contributed by atoms with van der Waals surface area (Å²) < 4.78 is 19.4. The molecule has 102 valence electrons. The zero-order chi connectivity index (χ0) is 13.8. The summed E-state index contributed by atoms with van der Waals surface area (Å²) in [7, 11) is 3.40. The first-order valence-electron chi connectivity index (χ1n) is 6.29. The molecule has 1 aromatic carbocycles. The van der Waals surface area contributed by atoms with Gasteiger partial charge in [-0.05, 0) is 37.7 Å². The van der Waals surface area contributed by atoms with Crippen molar-refractivity contribution in [3.05, 3.63) is 51.5 Å². The minimum Gasteiger partial charge on any atom is -0.496 e. The highest BCUT2D eigenvalue weighted by Gasteiger charge is 2.22. The Kier molecular flexibility index (Phi) is 4.56. The van der Waals surface area contributed by atoms with Gasteiger partial charge in [0, 0.05) is 9.75 Å². The number of thiophene rings is 1. The molecule has 1 aromatic heterocycles. The summed E-state index contributed by atoms with van der Waals surface area (Å²) in [6, 6.07) is 8.89. The van der Waals surface area contributed by atoms with Gasteiger partial charge in [0.25, 0.3) is 0 Å². The largest absolute Gasteiger partial charge is 0.496 e. The van der Waals surface area contributed by atoms with Gasteiger partial charge in [0.2, 0.25) is 0 Å². The van der Waals surface area contributed by atoms with Gasteiger partial charge in [-0.25, -0.2) is 4.39 Å². The molecule has 2 aromatic rings. The van der Waals surface area contributed by atoms with Crippen molar-refractivity contribution in [3.63, 3.8) is 0 Å². The molecule has 1 N–H and O–H groups in total. The van der Waals surface area contributed by atoms with Gasteiger partial charge >= 0.3 is 0 Å². The Morgan fingerprint density at radius 2 is 2.11 bits per heavy atom. The van der Waals surface area contributed by atoms with Gasteiger partial charge in [0.05, 0.1) is 18.7 Å². The van der Waals surface area contributed by atoms with Crippen LogP contribution >= 0.6 is 11.3 Å². The lowest BCUT2D eigenvalue weighted by molar-refractivity contribution is 0.399. The first kappa shape index (κ1) is 14.0. The molecule has 0 aliphatic heterocycles. The van der Waals surface area contributed by atoms with Crippen molar-refractivity contribution < 1.29 is 9.13 Å². The van der Waals surface area contributed by atoms with E-state index in [0.29, 0.717) is 11.3 Å². The van der Waals surface area contributed by atoms with Crippen LogP contribution in [0.15, 0.2) is 30.3 Å². The van der Waals surface area contributed by atoms with E-state index in [2.05, 4.69) is 24.4 Å². The molecule has 0 aliphatic rings. The maximum absolute atomic E-state index is 14.1. The lowest BCUT2D eigenvalue weighted by Gasteiger charge is -2.18. The van der Waals surface area contributed by atoms with E-state index < -0.39 is 0 Å². The molecule has 19 heavy (non-hydrogen) atoms. The van der Waals surface area contributed by atoms with Gasteiger partial charge in [-0.2, -0.15) is 0 Å². The van der Waals surface area contributed by atoms with Crippen molar-refractivity contribution in [2.24, 2.45) is 0 Å². The Labute approximate surface area is 117 Å². The van der Waals surface area contributed by atoms with E-state index in [9.17, 15) is 4.39 Å². The Morgan fingerprint density at radius 3 is 2.68 bits per heavy atom. The van der Waals surface area contributed by atoms with Gasteiger partial charge in [-0.3, -0.25) is 0 Å². The van der Waals surface area contributed by atoms with Crippen LogP contribution in [0.5, 0.6) is 5.75 Å². The maximum atomic E-state index is 14.1. The Balaban J connectivity index is 2.47. The fourth-order valence-electron chi connectivity index (χ4n) is 2.14. The lowest BCUT2D eigenvalue weighted by Crippen LogP contribution is -2.18. The van der Waals surface area contributed by atoms with Gasteiger partial charge in [-0.1, -0.05) is 13.0 Å². The molecule has 0 saturated heterocycles. The van der Waals surface area contributed by atoms with Crippen LogP contribution in [0.2, 0.25) is 0 Å². The SMILES string of the molecule is CCc1ccc(C(NC)c2c(F)cccc2OC)s1. The van der Waals surface area contributed by atoms with Crippen molar-refractivity contribution >= 4 is 11.3 Å². The number of ether oxygens (including phenoxy) is 1. The van der Waals surface area contributed by atoms with Gasteiger partial charge in [0.15, 0.2) is 0 Å². The molecule has 2 rings (SSSR count). The topological polar surface area (TPSA) is 21.3 Å². The molecule has 0 bridgehead atoms. The minimum absolute atomic E-state index is 0.179. The number of rotatable bonds is 5. The van der Waals surface area contributed by atoms with Crippen LogP contribution in [-0.2, 0) is 6.42 Å². The van der Waals surface area contributed by atoms with E-state index >= 15 is 0 Å². The molecule has 1 heterocycles. The third-order valence-electron chi connectivity index (χ3n) is 3.13. The van der Waals surface area contributed by atoms with Crippen molar-refractivity contribution in [2.75, 3.05) is 14.2 Å². The fraction of sp³-hybridized carbons (Fsp3) is 0.333. The molecule has 0 radical (unpaired) electrons. The van der Waals surface area contributed by atoms with Crippen LogP contribution in [0.1, 0.15) is 28.3 Å². The maximum Gasteiger partial charge on any atom is 0.132 e. The summed E-state index contributed by atoms with van der Waals surface area (Å²) in [5, 5.41) is 3.18. The monoisotopic (exact) mass is 279 g/mol. The normalized spacial score (nSPS) is 12.4. The minimum atomic E-state index is -0.245. The average molecular weight is 279 g/mol. The Morgan fingerprint density at radius 1 is 1.32 bits per heavy atom. The second-order valence-electron chi connectivity index (χ2n) is 4.24. The molecule has 0 saturated carbocycles. The van der Waals surface area contributed by atoms with Gasteiger partial charge in [0.1, 0.15) is 11.6 Å². The smallest absolute Gasteiger partial charge is 0.132 e. The fourth-order valence-corrected chi connectivity index (χ4v) is 3.22. The van der Waals surface area contributed by atoms with Crippen LogP contribution in [-0.4, -0.2) is 14.2 Å². The first-order valence-corrected chi connectivity index (χ1v) is 7.11. The van der Waals surface area contributed by atoms with Crippen LogP contribution in [0, 0.1) is 5.82 Å². The van der Waals surface area contributed by atoms with E-state index in [1.54, 1.807) is 30.6 Å². The van der Waals surface area contributed by atoms with Crippen LogP contribution in [0.25, 0.3) is 0 Å². The predicted molar refractivity (Wildman–Crippen MR) is 77.6 cm³/mol. The quantitative estimate of drug-likeness (QED) is 0.899. The van der Waals surface area contributed by atoms with Crippen molar-refractivity contribution in [3.8, 4) is 5.75 Å². The predicted octanol–water partition coefficient (Wildman–Crippen LogP) is 3.77. The summed E-state index contributed by atoms with van der Waals surface area (Å²) in [5.74, 6) is 0.330. The average Bonchev–Trinajstić information content (AvgIpc) is 2.90. The number of nitrogens with one attached hydrogen (secondary N) is 1. The summed E-state index contributed by atoms with van der Waals surface area (Å²) in [5.41, 5.74) is 0.567. The number of halogens is 1. The third-order valence-corrected chi connectivity index (χ3v) is 4.42. The van der Waals surface area contributed by atoms with Gasteiger partial charge < -0.3 is 10.1 Å². The molecular formula is C15H18FNOS. The van der Waals surface area contributed by atoms with Crippen molar-refractivity contribution in [2.45, 2.75) is 19.4 Å². The van der Waals surface area contributed by atoms with E-state index in [-0.39, 0.29) is 11.9 Å². The number of methoxy groups -OCH3 is 1. The van der Waals surface area contributed by atoms with E-state index in [0.717, 1.165) is 11.3 Å². The summed E-state index contributed by atoms with van der Waals surface area (Å²) in [4.78, 5) is 2.40. The standard InChI is InChI=1S/C15H18FNOS/c1-4-10-8-9-13(19-10)15(17-2)14-11(16)6-5-7-12(14)18-3/h5-9,15,17H,4H2,1-3H3. The highest BCUT2D eigenvalue weighted by Crippen LogP contribution is 2.35. The van der Waals surface area contributed by atoms with E-state index in [4.69, 9.17) is 4.74 Å². The van der Waals surface area contributed by atoms with Gasteiger partial charge in [-0.15, -0.1) is 11.3 Å². The number of benzene rings is 1. The molecular weight excluding hydrogens is 261 g/mol. The second kappa shape index (κ2) is 6.17. The zero-order valence-electron chi connectivity index (χ0n) is 11.4. The number of aryl methyl sites for hydroxylation is 1. The summed E-state index contributed by atoms with van der Waals surface area (Å²) >= 11 is 1.70. The lowest BCUT2D eigenvalue weighted by atomic mass is 10.0. The van der Waals surface area contributed by atoms with Crippen molar-refractivity contribution in [1.82, 2.24) is 5.32 Å². The number of hydrogen-bond donors (Lipinski definition) is 1. The molecule has 0 spiro atoms. The molecule has 0 aliphatic carbocycles. The van der Waals surface area contributed by atoms with Crippen molar-refractivity contribution in [1.29, 1.82) is 0 Å². The third kappa shape index (κ3) is 2.80. The molecule has 2 nitrogen and oxygen atoms in total. The Bertz CT molecular complexity index is 553. The van der Waals surface area contributed by atoms with Crippen LogP contribution in [0.3, 0.4) is 0 Å². The van der Waals surface area contributed by atoms with E-state index in [1.165, 1.54) is 10.9 Å². The van der Waals surface area contributed by atoms with Crippen LogP contribution < -0.4 is 10.1 Å². The molecule has 4 heteroatoms. The summed E-state index contributed by atoms with van der Waals surface area (Å²) in [6.07, 6.45) is 0.996. The summed E-state index contributed by atoms with van der Waals surface area (Å²) in [6.45, 7) is 2.12. The van der Waals surface area contributed by atoms with Crippen LogP contribution in [0.4, 0.5) is 4.39 Å². The molecule has 1 atom stereocenters. The Hall–Kier alpha value is -1.39. The first-order chi connectivity index (χ1) is 9.21. The highest BCUT2D eigenvalue weighted by atomic mass is 32.1. The second-order valence-corrected chi connectivity index (χ2v) is 5.43. The molecule has 0 fully saturated rings.